The molecule has 0 saturated carbocycles. The van der Waals surface area contributed by atoms with Gasteiger partial charge in [-0.25, -0.2) is 4.79 Å². The van der Waals surface area contributed by atoms with Gasteiger partial charge in [-0.05, 0) is 45.0 Å². The number of carbonyl (C=O) groups is 2. The van der Waals surface area contributed by atoms with Crippen molar-refractivity contribution in [3.05, 3.63) is 46.8 Å². The van der Waals surface area contributed by atoms with E-state index in [1.54, 1.807) is 19.2 Å². The van der Waals surface area contributed by atoms with E-state index in [2.05, 4.69) is 4.57 Å². The number of carbonyl (C=O) groups excluding carboxylic acids is 2. The lowest BCUT2D eigenvalue weighted by molar-refractivity contribution is 0.0600. The number of ketones is 1. The topological polar surface area (TPSA) is 76.0 Å². The normalized spacial score (nSPS) is 11.8. The highest BCUT2D eigenvalue weighted by molar-refractivity contribution is 5.98. The van der Waals surface area contributed by atoms with Gasteiger partial charge in [0.15, 0.2) is 18.1 Å². The molecule has 0 aliphatic heterocycles. The predicted octanol–water partition coefficient (Wildman–Crippen LogP) is 3.37. The van der Waals surface area contributed by atoms with Gasteiger partial charge in [-0.2, -0.15) is 0 Å². The van der Waals surface area contributed by atoms with Gasteiger partial charge in [0.05, 0.1) is 32.4 Å². The number of methoxy groups -OCH3 is 3. The lowest BCUT2D eigenvalue weighted by Crippen LogP contribution is -2.16. The number of Topliss-reactive ketones (excluding diaryl/α,β-unsaturated/α-hetero) is 1. The van der Waals surface area contributed by atoms with Gasteiger partial charge in [0.25, 0.3) is 0 Å². The average Bonchev–Trinajstić information content (AvgIpc) is 2.99. The summed E-state index contributed by atoms with van der Waals surface area (Å²) in [6.45, 7) is 6.34. The minimum atomic E-state index is -0.474. The Hall–Kier alpha value is -2.80. The summed E-state index contributed by atoms with van der Waals surface area (Å²) in [5.41, 5.74) is 2.83. The number of nitrogens with zero attached hydrogens (tertiary/aromatic N) is 1. The second-order valence-electron chi connectivity index (χ2n) is 6.53. The van der Waals surface area contributed by atoms with Crippen molar-refractivity contribution < 1.29 is 28.5 Å². The van der Waals surface area contributed by atoms with E-state index in [9.17, 15) is 9.59 Å². The summed E-state index contributed by atoms with van der Waals surface area (Å²) < 4.78 is 22.9. The van der Waals surface area contributed by atoms with Gasteiger partial charge < -0.3 is 23.5 Å². The summed E-state index contributed by atoms with van der Waals surface area (Å²) in [7, 11) is 4.43. The molecule has 7 heteroatoms. The highest BCUT2D eigenvalue weighted by Crippen LogP contribution is 2.29. The fourth-order valence-electron chi connectivity index (χ4n) is 3.31. The average molecular weight is 389 g/mol. The minimum absolute atomic E-state index is 0.124. The molecule has 1 heterocycles. The Morgan fingerprint density at radius 3 is 2.39 bits per heavy atom. The van der Waals surface area contributed by atoms with Gasteiger partial charge in [0.1, 0.15) is 0 Å². The van der Waals surface area contributed by atoms with Crippen molar-refractivity contribution in [1.29, 1.82) is 0 Å². The van der Waals surface area contributed by atoms with Gasteiger partial charge >= 0.3 is 5.97 Å². The first-order chi connectivity index (χ1) is 13.3. The van der Waals surface area contributed by atoms with Crippen molar-refractivity contribution in [2.75, 3.05) is 34.5 Å². The molecule has 0 saturated heterocycles. The Labute approximate surface area is 165 Å². The Balaban J connectivity index is 2.17. The molecule has 152 valence electrons. The number of rotatable bonds is 9. The zero-order chi connectivity index (χ0) is 20.8. The van der Waals surface area contributed by atoms with Crippen molar-refractivity contribution in [3.8, 4) is 11.5 Å². The number of benzene rings is 1. The van der Waals surface area contributed by atoms with Crippen LogP contribution >= 0.6 is 0 Å². The molecule has 0 aliphatic rings. The predicted molar refractivity (Wildman–Crippen MR) is 105 cm³/mol. The van der Waals surface area contributed by atoms with Crippen LogP contribution in [0.4, 0.5) is 0 Å². The van der Waals surface area contributed by atoms with Crippen molar-refractivity contribution in [3.63, 3.8) is 0 Å². The van der Waals surface area contributed by atoms with Crippen LogP contribution in [0.15, 0.2) is 24.3 Å². The molecule has 0 spiro atoms. The van der Waals surface area contributed by atoms with E-state index >= 15 is 0 Å². The molecule has 28 heavy (non-hydrogen) atoms. The largest absolute Gasteiger partial charge is 0.493 e. The van der Waals surface area contributed by atoms with Gasteiger partial charge in [-0.3, -0.25) is 4.79 Å². The van der Waals surface area contributed by atoms with Gasteiger partial charge in [-0.1, -0.05) is 0 Å². The van der Waals surface area contributed by atoms with Crippen LogP contribution in [0.1, 0.15) is 45.1 Å². The smallest absolute Gasteiger partial charge is 0.337 e. The summed E-state index contributed by atoms with van der Waals surface area (Å²) >= 11 is 0. The minimum Gasteiger partial charge on any atom is -0.493 e. The molecule has 0 fully saturated rings. The van der Waals surface area contributed by atoms with E-state index in [1.807, 2.05) is 26.8 Å². The summed E-state index contributed by atoms with van der Waals surface area (Å²) in [4.78, 5) is 24.4. The molecule has 1 atom stereocenters. The number of aryl methyl sites for hydroxylation is 1. The van der Waals surface area contributed by atoms with Crippen LogP contribution in [-0.4, -0.2) is 50.9 Å². The zero-order valence-corrected chi connectivity index (χ0v) is 17.2. The van der Waals surface area contributed by atoms with E-state index in [1.165, 1.54) is 20.3 Å². The van der Waals surface area contributed by atoms with Crippen LogP contribution in [0.3, 0.4) is 0 Å². The van der Waals surface area contributed by atoms with Crippen LogP contribution in [-0.2, 0) is 9.47 Å². The van der Waals surface area contributed by atoms with Crippen molar-refractivity contribution in [2.24, 2.45) is 0 Å². The Kier molecular flexibility index (Phi) is 7.23. The summed E-state index contributed by atoms with van der Waals surface area (Å²) in [5, 5.41) is 0. The van der Waals surface area contributed by atoms with Crippen LogP contribution in [0, 0.1) is 13.8 Å². The van der Waals surface area contributed by atoms with Crippen molar-refractivity contribution in [1.82, 2.24) is 4.57 Å². The molecule has 0 N–H and O–H groups in total. The molecule has 0 amide bonds. The highest BCUT2D eigenvalue weighted by atomic mass is 16.5. The molecule has 0 bridgehead atoms. The Morgan fingerprint density at radius 2 is 1.79 bits per heavy atom. The summed E-state index contributed by atoms with van der Waals surface area (Å²) in [5.74, 6) is 0.126. The van der Waals surface area contributed by atoms with E-state index in [4.69, 9.17) is 18.9 Å². The highest BCUT2D eigenvalue weighted by Gasteiger charge is 2.20. The molecular formula is C21H27NO6. The van der Waals surface area contributed by atoms with Gasteiger partial charge in [-0.15, -0.1) is 0 Å². The second kappa shape index (κ2) is 9.41. The first-order valence-electron chi connectivity index (χ1n) is 8.93. The van der Waals surface area contributed by atoms with Crippen LogP contribution < -0.4 is 9.47 Å². The maximum absolute atomic E-state index is 12.7. The quantitative estimate of drug-likeness (QED) is 0.483. The van der Waals surface area contributed by atoms with Crippen LogP contribution in [0.25, 0.3) is 0 Å². The standard InChI is InChI=1S/C21H27NO6/c1-13-9-17(15(3)22(13)14(2)11-25-4)18(23)12-28-19-8-7-16(21(24)27-6)10-20(19)26-5/h7-10,14H,11-12H2,1-6H3/t14-/m1/s1. The molecular weight excluding hydrogens is 362 g/mol. The van der Waals surface area contributed by atoms with Gasteiger partial charge in [0.2, 0.25) is 5.78 Å². The molecule has 1 aromatic heterocycles. The maximum Gasteiger partial charge on any atom is 0.337 e. The first-order valence-corrected chi connectivity index (χ1v) is 8.93. The summed E-state index contributed by atoms with van der Waals surface area (Å²) in [6.07, 6.45) is 0. The Bertz CT molecular complexity index is 855. The number of esters is 1. The van der Waals surface area contributed by atoms with Crippen LogP contribution in [0.2, 0.25) is 0 Å². The van der Waals surface area contributed by atoms with E-state index in [0.717, 1.165) is 11.4 Å². The molecule has 0 radical (unpaired) electrons. The zero-order valence-electron chi connectivity index (χ0n) is 17.2. The SMILES string of the molecule is COC[C@@H](C)n1c(C)cc(C(=O)COc2ccc(C(=O)OC)cc2OC)c1C. The third-order valence-corrected chi connectivity index (χ3v) is 4.58. The second-order valence-corrected chi connectivity index (χ2v) is 6.53. The van der Waals surface area contributed by atoms with Crippen molar-refractivity contribution in [2.45, 2.75) is 26.8 Å². The number of hydrogen-bond acceptors (Lipinski definition) is 6. The number of hydrogen-bond donors (Lipinski definition) is 0. The third-order valence-electron chi connectivity index (χ3n) is 4.58. The molecule has 7 nitrogen and oxygen atoms in total. The first kappa shape index (κ1) is 21.5. The van der Waals surface area contributed by atoms with E-state index in [0.29, 0.717) is 29.2 Å². The molecule has 0 unspecified atom stereocenters. The van der Waals surface area contributed by atoms with Crippen LogP contribution in [0.5, 0.6) is 11.5 Å². The molecule has 2 aromatic rings. The number of ether oxygens (including phenoxy) is 4. The Morgan fingerprint density at radius 1 is 1.07 bits per heavy atom. The maximum atomic E-state index is 12.7. The van der Waals surface area contributed by atoms with E-state index in [-0.39, 0.29) is 18.4 Å². The fraction of sp³-hybridized carbons (Fsp3) is 0.429. The summed E-state index contributed by atoms with van der Waals surface area (Å²) in [6, 6.07) is 6.65. The van der Waals surface area contributed by atoms with E-state index < -0.39 is 5.97 Å². The molecule has 1 aromatic carbocycles. The molecule has 0 aliphatic carbocycles. The lowest BCUT2D eigenvalue weighted by atomic mass is 10.1. The molecule has 2 rings (SSSR count). The third kappa shape index (κ3) is 4.54. The number of aromatic nitrogens is 1. The lowest BCUT2D eigenvalue weighted by Gasteiger charge is -2.17. The monoisotopic (exact) mass is 389 g/mol. The van der Waals surface area contributed by atoms with Gasteiger partial charge in [0, 0.05) is 24.1 Å². The fourth-order valence-corrected chi connectivity index (χ4v) is 3.31. The van der Waals surface area contributed by atoms with Crippen molar-refractivity contribution >= 4 is 11.8 Å².